The van der Waals surface area contributed by atoms with E-state index >= 15 is 0 Å². The largest absolute Gasteiger partial charge is 0.497 e. The van der Waals surface area contributed by atoms with Crippen molar-refractivity contribution in [3.8, 4) is 5.75 Å². The molecule has 2 fully saturated rings. The van der Waals surface area contributed by atoms with E-state index in [1.54, 1.807) is 17.0 Å². The van der Waals surface area contributed by atoms with E-state index in [2.05, 4.69) is 13.8 Å². The molecule has 8 heteroatoms. The number of benzene rings is 1. The quantitative estimate of drug-likeness (QED) is 0.590. The van der Waals surface area contributed by atoms with Gasteiger partial charge in [-0.25, -0.2) is 14.6 Å². The minimum absolute atomic E-state index is 0.259. The molecule has 0 N–H and O–H groups in total. The average Bonchev–Trinajstić information content (AvgIpc) is 2.84. The van der Waals surface area contributed by atoms with Gasteiger partial charge < -0.3 is 9.64 Å². The Bertz CT molecular complexity index is 766. The highest BCUT2D eigenvalue weighted by molar-refractivity contribution is 6.53. The van der Waals surface area contributed by atoms with Crippen LogP contribution in [0.3, 0.4) is 0 Å². The van der Waals surface area contributed by atoms with Crippen LogP contribution in [0.5, 0.6) is 5.75 Å². The highest BCUT2D eigenvalue weighted by Crippen LogP contribution is 2.25. The minimum atomic E-state index is -0.984. The predicted octanol–water partition coefficient (Wildman–Crippen LogP) is 1.49. The van der Waals surface area contributed by atoms with Crippen LogP contribution in [0.25, 0.3) is 0 Å². The van der Waals surface area contributed by atoms with Crippen LogP contribution < -0.4 is 9.64 Å². The number of hydrogen-bond donors (Lipinski definition) is 0. The standard InChI is InChI=1S/C19H23N3O5/c1-12-8-13(2)10-20(9-12)16(23)11-21-17(24)18(25)22(19(21)26)14-4-6-15(27-3)7-5-14/h4-7,12-13H,8-11H2,1-3H3/t12-,13-/m1/s1. The van der Waals surface area contributed by atoms with Crippen molar-refractivity contribution in [1.29, 1.82) is 0 Å². The van der Waals surface area contributed by atoms with Gasteiger partial charge in [-0.3, -0.25) is 14.4 Å². The molecule has 0 spiro atoms. The van der Waals surface area contributed by atoms with Crippen LogP contribution in [-0.4, -0.2) is 60.3 Å². The van der Waals surface area contributed by atoms with Gasteiger partial charge in [0, 0.05) is 13.1 Å². The molecule has 3 rings (SSSR count). The maximum Gasteiger partial charge on any atom is 0.339 e. The minimum Gasteiger partial charge on any atom is -0.497 e. The third kappa shape index (κ3) is 3.65. The number of carbonyl (C=O) groups is 4. The lowest BCUT2D eigenvalue weighted by molar-refractivity contribution is -0.143. The predicted molar refractivity (Wildman–Crippen MR) is 97.1 cm³/mol. The van der Waals surface area contributed by atoms with Gasteiger partial charge in [0.25, 0.3) is 0 Å². The summed E-state index contributed by atoms with van der Waals surface area (Å²) in [5.74, 6) is -0.982. The summed E-state index contributed by atoms with van der Waals surface area (Å²) < 4.78 is 5.05. The number of carbonyl (C=O) groups excluding carboxylic acids is 4. The van der Waals surface area contributed by atoms with E-state index in [0.29, 0.717) is 30.7 Å². The number of piperidine rings is 1. The van der Waals surface area contributed by atoms with Crippen molar-refractivity contribution in [2.75, 3.05) is 31.6 Å². The van der Waals surface area contributed by atoms with Crippen molar-refractivity contribution in [2.24, 2.45) is 11.8 Å². The molecule has 2 saturated heterocycles. The molecular formula is C19H23N3O5. The Kier molecular flexibility index (Phi) is 5.16. The van der Waals surface area contributed by atoms with Crippen LogP contribution in [0.15, 0.2) is 24.3 Å². The monoisotopic (exact) mass is 373 g/mol. The molecule has 1 aromatic carbocycles. The van der Waals surface area contributed by atoms with Gasteiger partial charge >= 0.3 is 17.8 Å². The normalized spacial score (nSPS) is 23.2. The Hall–Kier alpha value is -2.90. The number of nitrogens with zero attached hydrogens (tertiary/aromatic N) is 3. The molecule has 0 unspecified atom stereocenters. The number of anilines is 1. The van der Waals surface area contributed by atoms with Crippen LogP contribution in [0.1, 0.15) is 20.3 Å². The van der Waals surface area contributed by atoms with Crippen LogP contribution >= 0.6 is 0 Å². The number of urea groups is 1. The molecule has 0 aliphatic carbocycles. The Morgan fingerprint density at radius 1 is 1.04 bits per heavy atom. The van der Waals surface area contributed by atoms with Crippen LogP contribution in [0.2, 0.25) is 0 Å². The second-order valence-electron chi connectivity index (χ2n) is 7.26. The molecule has 2 aliphatic heterocycles. The Morgan fingerprint density at radius 2 is 1.63 bits per heavy atom. The van der Waals surface area contributed by atoms with Gasteiger partial charge in [0.2, 0.25) is 5.91 Å². The van der Waals surface area contributed by atoms with E-state index in [1.165, 1.54) is 19.2 Å². The number of methoxy groups -OCH3 is 1. The molecule has 0 saturated carbocycles. The number of ether oxygens (including phenoxy) is 1. The van der Waals surface area contributed by atoms with E-state index in [4.69, 9.17) is 4.74 Å². The third-order valence-electron chi connectivity index (χ3n) is 4.90. The molecular weight excluding hydrogens is 350 g/mol. The van der Waals surface area contributed by atoms with Crippen LogP contribution in [0, 0.1) is 11.8 Å². The first-order chi connectivity index (χ1) is 12.8. The van der Waals surface area contributed by atoms with E-state index in [0.717, 1.165) is 16.2 Å². The van der Waals surface area contributed by atoms with Crippen molar-refractivity contribution >= 4 is 29.4 Å². The van der Waals surface area contributed by atoms with Gasteiger partial charge in [-0.05, 0) is 42.5 Å². The Balaban J connectivity index is 1.74. The number of imide groups is 2. The summed E-state index contributed by atoms with van der Waals surface area (Å²) >= 11 is 0. The molecule has 27 heavy (non-hydrogen) atoms. The number of hydrogen-bond acceptors (Lipinski definition) is 5. The maximum absolute atomic E-state index is 12.6. The summed E-state index contributed by atoms with van der Waals surface area (Å²) in [6, 6.07) is 5.40. The Morgan fingerprint density at radius 3 is 2.19 bits per heavy atom. The molecule has 2 aliphatic rings. The lowest BCUT2D eigenvalue weighted by Crippen LogP contribution is -2.48. The van der Waals surface area contributed by atoms with Crippen molar-refractivity contribution in [3.05, 3.63) is 24.3 Å². The van der Waals surface area contributed by atoms with Gasteiger partial charge in [-0.2, -0.15) is 0 Å². The molecule has 8 nitrogen and oxygen atoms in total. The molecule has 5 amide bonds. The van der Waals surface area contributed by atoms with E-state index < -0.39 is 24.4 Å². The van der Waals surface area contributed by atoms with Crippen molar-refractivity contribution < 1.29 is 23.9 Å². The summed E-state index contributed by atoms with van der Waals surface area (Å²) in [5.41, 5.74) is 0.259. The Labute approximate surface area is 157 Å². The van der Waals surface area contributed by atoms with Crippen molar-refractivity contribution in [2.45, 2.75) is 20.3 Å². The fourth-order valence-electron chi connectivity index (χ4n) is 3.71. The van der Waals surface area contributed by atoms with Crippen molar-refractivity contribution in [3.63, 3.8) is 0 Å². The van der Waals surface area contributed by atoms with Crippen molar-refractivity contribution in [1.82, 2.24) is 9.80 Å². The zero-order chi connectivity index (χ0) is 19.7. The van der Waals surface area contributed by atoms with Gasteiger partial charge in [0.05, 0.1) is 12.8 Å². The second-order valence-corrected chi connectivity index (χ2v) is 7.26. The molecule has 2 atom stereocenters. The van der Waals surface area contributed by atoms with Gasteiger partial charge in [0.1, 0.15) is 12.3 Å². The number of amides is 5. The maximum atomic E-state index is 12.6. The zero-order valence-electron chi connectivity index (χ0n) is 15.7. The van der Waals surface area contributed by atoms with Gasteiger partial charge in [-0.1, -0.05) is 13.8 Å². The summed E-state index contributed by atoms with van der Waals surface area (Å²) in [5, 5.41) is 0. The molecule has 144 valence electrons. The van der Waals surface area contributed by atoms with Gasteiger partial charge in [0.15, 0.2) is 0 Å². The summed E-state index contributed by atoms with van der Waals surface area (Å²) in [7, 11) is 1.50. The van der Waals surface area contributed by atoms with Crippen LogP contribution in [-0.2, 0) is 14.4 Å². The molecule has 1 aromatic rings. The highest BCUT2D eigenvalue weighted by Gasteiger charge is 2.46. The fourth-order valence-corrected chi connectivity index (χ4v) is 3.71. The third-order valence-corrected chi connectivity index (χ3v) is 4.90. The first kappa shape index (κ1) is 18.9. The second kappa shape index (κ2) is 7.38. The number of rotatable bonds is 4. The molecule has 0 radical (unpaired) electrons. The summed E-state index contributed by atoms with van der Waals surface area (Å²) in [4.78, 5) is 53.0. The molecule has 0 bridgehead atoms. The first-order valence-corrected chi connectivity index (χ1v) is 8.93. The SMILES string of the molecule is COc1ccc(N2C(=O)C(=O)N(CC(=O)N3C[C@H](C)C[C@@H](C)C3)C2=O)cc1. The lowest BCUT2D eigenvalue weighted by Gasteiger charge is -2.35. The van der Waals surface area contributed by atoms with Crippen LogP contribution in [0.4, 0.5) is 10.5 Å². The van der Waals surface area contributed by atoms with E-state index in [-0.39, 0.29) is 11.6 Å². The van der Waals surface area contributed by atoms with Gasteiger partial charge in [-0.15, -0.1) is 0 Å². The average molecular weight is 373 g/mol. The molecule has 0 aromatic heterocycles. The fraction of sp³-hybridized carbons (Fsp3) is 0.474. The topological polar surface area (TPSA) is 87.2 Å². The first-order valence-electron chi connectivity index (χ1n) is 8.93. The number of likely N-dealkylation sites (tertiary alicyclic amines) is 1. The smallest absolute Gasteiger partial charge is 0.339 e. The lowest BCUT2D eigenvalue weighted by atomic mass is 9.92. The highest BCUT2D eigenvalue weighted by atomic mass is 16.5. The molecule has 2 heterocycles. The van der Waals surface area contributed by atoms with E-state index in [1.807, 2.05) is 0 Å². The van der Waals surface area contributed by atoms with E-state index in [9.17, 15) is 19.2 Å². The zero-order valence-corrected chi connectivity index (χ0v) is 15.7. The summed E-state index contributed by atoms with van der Waals surface area (Å²) in [6.45, 7) is 4.90. The summed E-state index contributed by atoms with van der Waals surface area (Å²) in [6.07, 6.45) is 1.04.